The molecule has 1 atom stereocenters. The molecule has 178 valence electrons. The molecule has 2 aliphatic heterocycles. The summed E-state index contributed by atoms with van der Waals surface area (Å²) >= 11 is 0. The van der Waals surface area contributed by atoms with Gasteiger partial charge in [0, 0.05) is 42.7 Å². The number of fused-ring (bicyclic) bond motifs is 2. The number of rotatable bonds is 3. The molecule has 0 spiro atoms. The minimum atomic E-state index is -4.27. The van der Waals surface area contributed by atoms with Crippen molar-refractivity contribution in [3.8, 4) is 5.69 Å². The van der Waals surface area contributed by atoms with Crippen LogP contribution in [0.3, 0.4) is 0 Å². The van der Waals surface area contributed by atoms with E-state index in [4.69, 9.17) is 0 Å². The molecule has 2 aliphatic rings. The molecule has 1 unspecified atom stereocenters. The van der Waals surface area contributed by atoms with Crippen LogP contribution in [0.1, 0.15) is 40.8 Å². The highest BCUT2D eigenvalue weighted by molar-refractivity contribution is 5.94. The second-order valence-corrected chi connectivity index (χ2v) is 8.75. The van der Waals surface area contributed by atoms with Gasteiger partial charge < -0.3 is 9.47 Å². The number of carbonyl (C=O) groups excluding carboxylic acids is 1. The van der Waals surface area contributed by atoms with Crippen molar-refractivity contribution in [1.29, 1.82) is 0 Å². The van der Waals surface area contributed by atoms with E-state index in [1.54, 1.807) is 46.9 Å². The van der Waals surface area contributed by atoms with Crippen LogP contribution >= 0.6 is 0 Å². The lowest BCUT2D eigenvalue weighted by Crippen LogP contribution is -2.34. The Morgan fingerprint density at radius 2 is 1.97 bits per heavy atom. The Balaban J connectivity index is 1.47. The summed E-state index contributed by atoms with van der Waals surface area (Å²) in [7, 11) is 0. The monoisotopic (exact) mass is 472 g/mol. The number of aromatic nitrogens is 5. The van der Waals surface area contributed by atoms with E-state index in [0.717, 1.165) is 5.69 Å². The summed E-state index contributed by atoms with van der Waals surface area (Å²) in [5, 5.41) is 4.25. The molecule has 0 saturated heterocycles. The molecule has 3 aromatic heterocycles. The maximum Gasteiger partial charge on any atom is 0.392 e. The average molecular weight is 472 g/mol. The highest BCUT2D eigenvalue weighted by Gasteiger charge is 2.42. The van der Waals surface area contributed by atoms with Crippen LogP contribution in [0.15, 0.2) is 47.4 Å². The molecule has 0 saturated carbocycles. The molecule has 11 heteroatoms. The summed E-state index contributed by atoms with van der Waals surface area (Å²) < 4.78 is 44.6. The number of imidazole rings is 1. The fourth-order valence-electron chi connectivity index (χ4n) is 4.59. The quantitative estimate of drug-likeness (QED) is 0.587. The second-order valence-electron chi connectivity index (χ2n) is 8.75. The van der Waals surface area contributed by atoms with Crippen LogP contribution in [0.2, 0.25) is 0 Å². The maximum atomic E-state index is 13.5. The fraction of sp³-hybridized carbons (Fsp3) is 0.391. The third-order valence-electron chi connectivity index (χ3n) is 6.56. The molecule has 34 heavy (non-hydrogen) atoms. The van der Waals surface area contributed by atoms with E-state index in [1.165, 1.54) is 15.7 Å². The number of amides is 1. The van der Waals surface area contributed by atoms with Gasteiger partial charge in [0.05, 0.1) is 30.7 Å². The van der Waals surface area contributed by atoms with Crippen molar-refractivity contribution < 1.29 is 18.0 Å². The number of pyridine rings is 1. The molecular formula is C23H23F3N6O2. The number of halogens is 3. The lowest BCUT2D eigenvalue weighted by molar-refractivity contribution is -0.179. The maximum absolute atomic E-state index is 13.5. The number of aryl methyl sites for hydroxylation is 2. The minimum absolute atomic E-state index is 0.00569. The number of allylic oxidation sites excluding steroid dienone is 2. The van der Waals surface area contributed by atoms with Crippen molar-refractivity contribution in [2.75, 3.05) is 0 Å². The smallest absolute Gasteiger partial charge is 0.307 e. The van der Waals surface area contributed by atoms with Gasteiger partial charge in [-0.3, -0.25) is 18.8 Å². The van der Waals surface area contributed by atoms with Gasteiger partial charge in [-0.25, -0.2) is 4.98 Å². The Labute approximate surface area is 192 Å². The third kappa shape index (κ3) is 3.74. The third-order valence-corrected chi connectivity index (χ3v) is 6.56. The summed E-state index contributed by atoms with van der Waals surface area (Å²) in [6.45, 7) is 4.04. The Kier molecular flexibility index (Phi) is 5.22. The van der Waals surface area contributed by atoms with Gasteiger partial charge in [0.1, 0.15) is 11.4 Å². The van der Waals surface area contributed by atoms with Crippen molar-refractivity contribution in [1.82, 2.24) is 28.8 Å². The summed E-state index contributed by atoms with van der Waals surface area (Å²) in [4.78, 5) is 32.3. The molecule has 5 heterocycles. The topological polar surface area (TPSA) is 78.0 Å². The number of hydrogen-bond acceptors (Lipinski definition) is 4. The number of alkyl halides is 3. The first kappa shape index (κ1) is 22.2. The van der Waals surface area contributed by atoms with Gasteiger partial charge in [-0.15, -0.1) is 0 Å². The summed E-state index contributed by atoms with van der Waals surface area (Å²) in [6, 6.07) is 3.18. The van der Waals surface area contributed by atoms with Crippen molar-refractivity contribution in [3.63, 3.8) is 0 Å². The molecule has 5 rings (SSSR count). The van der Waals surface area contributed by atoms with Crippen molar-refractivity contribution in [2.45, 2.75) is 52.5 Å². The van der Waals surface area contributed by atoms with Gasteiger partial charge in [0.25, 0.3) is 11.5 Å². The lowest BCUT2D eigenvalue weighted by atomic mass is 9.94. The molecule has 0 radical (unpaired) electrons. The highest BCUT2D eigenvalue weighted by Crippen LogP contribution is 2.36. The zero-order chi connectivity index (χ0) is 24.2. The van der Waals surface area contributed by atoms with Crippen LogP contribution in [0.4, 0.5) is 13.2 Å². The number of hydrogen-bond donors (Lipinski definition) is 0. The van der Waals surface area contributed by atoms with Gasteiger partial charge in [-0.2, -0.15) is 18.3 Å². The zero-order valence-electron chi connectivity index (χ0n) is 18.7. The molecule has 0 bridgehead atoms. The van der Waals surface area contributed by atoms with Gasteiger partial charge >= 0.3 is 6.18 Å². The van der Waals surface area contributed by atoms with Crippen molar-refractivity contribution in [3.05, 3.63) is 75.6 Å². The van der Waals surface area contributed by atoms with E-state index in [0.29, 0.717) is 22.6 Å². The first-order chi connectivity index (χ1) is 16.1. The predicted molar refractivity (Wildman–Crippen MR) is 116 cm³/mol. The van der Waals surface area contributed by atoms with Crippen LogP contribution < -0.4 is 5.56 Å². The van der Waals surface area contributed by atoms with Gasteiger partial charge in [0.2, 0.25) is 0 Å². The fourth-order valence-corrected chi connectivity index (χ4v) is 4.59. The van der Waals surface area contributed by atoms with Crippen LogP contribution in [-0.4, -0.2) is 40.9 Å². The van der Waals surface area contributed by atoms with Crippen LogP contribution in [0, 0.1) is 12.8 Å². The van der Waals surface area contributed by atoms with Crippen molar-refractivity contribution in [2.24, 2.45) is 5.92 Å². The van der Waals surface area contributed by atoms with E-state index in [-0.39, 0.29) is 49.6 Å². The predicted octanol–water partition coefficient (Wildman–Crippen LogP) is 3.22. The Bertz CT molecular complexity index is 1360. The Hall–Kier alpha value is -3.63. The van der Waals surface area contributed by atoms with E-state index >= 15 is 0 Å². The van der Waals surface area contributed by atoms with E-state index in [9.17, 15) is 22.8 Å². The molecule has 0 aromatic carbocycles. The van der Waals surface area contributed by atoms with Gasteiger partial charge in [0.15, 0.2) is 0 Å². The van der Waals surface area contributed by atoms with Crippen LogP contribution in [0.5, 0.6) is 0 Å². The molecule has 8 nitrogen and oxygen atoms in total. The van der Waals surface area contributed by atoms with Crippen LogP contribution in [-0.2, 0) is 26.1 Å². The first-order valence-corrected chi connectivity index (χ1v) is 11.0. The number of nitrogens with zero attached hydrogens (tertiary/aromatic N) is 6. The van der Waals surface area contributed by atoms with E-state index in [1.807, 2.05) is 6.92 Å². The number of carbonyl (C=O) groups is 1. The molecule has 0 fully saturated rings. The largest absolute Gasteiger partial charge is 0.392 e. The normalized spacial score (nSPS) is 18.4. The lowest BCUT2D eigenvalue weighted by Gasteiger charge is -2.27. The molecule has 3 aromatic rings. The summed E-state index contributed by atoms with van der Waals surface area (Å²) in [6.07, 6.45) is 2.15. The molecular weight excluding hydrogens is 449 g/mol. The van der Waals surface area contributed by atoms with E-state index in [2.05, 4.69) is 10.1 Å². The zero-order valence-corrected chi connectivity index (χ0v) is 18.7. The minimum Gasteiger partial charge on any atom is -0.307 e. The van der Waals surface area contributed by atoms with Gasteiger partial charge in [-0.1, -0.05) is 0 Å². The Morgan fingerprint density at radius 3 is 2.68 bits per heavy atom. The van der Waals surface area contributed by atoms with Crippen molar-refractivity contribution >= 4 is 5.91 Å². The second kappa shape index (κ2) is 8.00. The van der Waals surface area contributed by atoms with E-state index < -0.39 is 12.1 Å². The highest BCUT2D eigenvalue weighted by atomic mass is 19.4. The van der Waals surface area contributed by atoms with Crippen LogP contribution in [0.25, 0.3) is 5.69 Å². The molecule has 0 aliphatic carbocycles. The molecule has 1 amide bonds. The standard InChI is InChI=1S/C23H23F3N6O2/c1-14-11-29(13-27-14)18-3-4-19-22(34)31(15(2)5-7-30(19)21(18)33)12-16-10-28-32-8-6-17(9-20(16)32)23(24,25)26/h3-5,10-11,13,17H,6-9,12H2,1-2H3. The van der Waals surface area contributed by atoms with Gasteiger partial charge in [-0.05, 0) is 38.5 Å². The summed E-state index contributed by atoms with van der Waals surface area (Å²) in [5.74, 6) is -1.81. The SMILES string of the molecule is CC1=CCn2c(ccc(-n3cnc(C)c3)c2=O)C(=O)N1Cc1cnn2c1CC(C(F)(F)F)CC2. The summed E-state index contributed by atoms with van der Waals surface area (Å²) in [5.41, 5.74) is 2.72. The average Bonchev–Trinajstić information content (AvgIpc) is 3.37. The molecule has 0 N–H and O–H groups in total. The Morgan fingerprint density at radius 1 is 1.18 bits per heavy atom. The first-order valence-electron chi connectivity index (χ1n) is 11.0.